The minimum atomic E-state index is -0.677. The lowest BCUT2D eigenvalue weighted by Crippen LogP contribution is -2.43. The quantitative estimate of drug-likeness (QED) is 0.842. The first-order chi connectivity index (χ1) is 7.91. The third kappa shape index (κ3) is 3.78. The molecular formula is C12H16F2N2O. The van der Waals surface area contributed by atoms with E-state index in [0.717, 1.165) is 12.1 Å². The molecular weight excluding hydrogens is 226 g/mol. The van der Waals surface area contributed by atoms with Crippen molar-refractivity contribution < 1.29 is 13.6 Å². The van der Waals surface area contributed by atoms with Crippen LogP contribution in [0, 0.1) is 17.6 Å². The number of carbonyl (C=O) groups excluding carboxylic acids is 1. The van der Waals surface area contributed by atoms with Crippen molar-refractivity contribution in [3.8, 4) is 0 Å². The number of halogens is 2. The molecule has 94 valence electrons. The van der Waals surface area contributed by atoms with Crippen molar-refractivity contribution in [2.75, 3.05) is 0 Å². The molecule has 0 aliphatic carbocycles. The molecule has 3 nitrogen and oxygen atoms in total. The zero-order valence-electron chi connectivity index (χ0n) is 9.84. The van der Waals surface area contributed by atoms with E-state index in [1.807, 2.05) is 13.8 Å². The summed E-state index contributed by atoms with van der Waals surface area (Å²) < 4.78 is 25.9. The van der Waals surface area contributed by atoms with Gasteiger partial charge in [-0.2, -0.15) is 0 Å². The molecule has 0 spiro atoms. The predicted molar refractivity (Wildman–Crippen MR) is 61.0 cm³/mol. The summed E-state index contributed by atoms with van der Waals surface area (Å²) in [7, 11) is 0. The minimum Gasteiger partial charge on any atom is -0.351 e. The Morgan fingerprint density at radius 3 is 2.59 bits per heavy atom. The topological polar surface area (TPSA) is 55.1 Å². The maximum atomic E-state index is 13.2. The fourth-order valence-electron chi connectivity index (χ4n) is 1.27. The van der Waals surface area contributed by atoms with Gasteiger partial charge < -0.3 is 11.1 Å². The summed E-state index contributed by atoms with van der Waals surface area (Å²) in [4.78, 5) is 11.5. The second-order valence-corrected chi connectivity index (χ2v) is 4.22. The highest BCUT2D eigenvalue weighted by molar-refractivity contribution is 5.81. The Balaban J connectivity index is 2.59. The molecule has 3 N–H and O–H groups in total. The molecule has 0 saturated carbocycles. The third-order valence-corrected chi connectivity index (χ3v) is 2.49. The Morgan fingerprint density at radius 2 is 2.06 bits per heavy atom. The number of carbonyl (C=O) groups is 1. The molecule has 0 aromatic heterocycles. The molecule has 0 aliphatic heterocycles. The number of rotatable bonds is 4. The van der Waals surface area contributed by atoms with Crippen LogP contribution in [-0.2, 0) is 11.3 Å². The van der Waals surface area contributed by atoms with E-state index >= 15 is 0 Å². The highest BCUT2D eigenvalue weighted by atomic mass is 19.1. The van der Waals surface area contributed by atoms with Gasteiger partial charge in [0.1, 0.15) is 11.6 Å². The molecule has 0 saturated heterocycles. The highest BCUT2D eigenvalue weighted by Crippen LogP contribution is 2.09. The molecule has 0 unspecified atom stereocenters. The van der Waals surface area contributed by atoms with Crippen LogP contribution >= 0.6 is 0 Å². The summed E-state index contributed by atoms with van der Waals surface area (Å²) in [5.74, 6) is -1.66. The summed E-state index contributed by atoms with van der Waals surface area (Å²) in [5, 5.41) is 2.51. The molecule has 5 heteroatoms. The Kier molecular flexibility index (Phi) is 4.57. The lowest BCUT2D eigenvalue weighted by molar-refractivity contribution is -0.123. The van der Waals surface area contributed by atoms with E-state index in [9.17, 15) is 13.6 Å². The Bertz CT molecular complexity index is 407. The second-order valence-electron chi connectivity index (χ2n) is 4.22. The van der Waals surface area contributed by atoms with Crippen molar-refractivity contribution in [3.05, 3.63) is 35.4 Å². The van der Waals surface area contributed by atoms with E-state index in [2.05, 4.69) is 5.32 Å². The van der Waals surface area contributed by atoms with Crippen LogP contribution in [0.4, 0.5) is 8.78 Å². The van der Waals surface area contributed by atoms with Gasteiger partial charge in [0.2, 0.25) is 5.91 Å². The van der Waals surface area contributed by atoms with Gasteiger partial charge in [-0.25, -0.2) is 8.78 Å². The smallest absolute Gasteiger partial charge is 0.237 e. The molecule has 0 radical (unpaired) electrons. The monoisotopic (exact) mass is 242 g/mol. The maximum Gasteiger partial charge on any atom is 0.237 e. The molecule has 0 bridgehead atoms. The van der Waals surface area contributed by atoms with Crippen LogP contribution in [0.2, 0.25) is 0 Å². The first-order valence-corrected chi connectivity index (χ1v) is 5.39. The second kappa shape index (κ2) is 5.72. The van der Waals surface area contributed by atoms with E-state index in [1.165, 1.54) is 6.07 Å². The normalized spacial score (nSPS) is 12.6. The first-order valence-electron chi connectivity index (χ1n) is 5.39. The lowest BCUT2D eigenvalue weighted by atomic mass is 10.0. The Labute approximate surface area is 99.0 Å². The van der Waals surface area contributed by atoms with E-state index in [0.29, 0.717) is 0 Å². The lowest BCUT2D eigenvalue weighted by Gasteiger charge is -2.15. The van der Waals surface area contributed by atoms with E-state index < -0.39 is 17.7 Å². The van der Waals surface area contributed by atoms with Crippen LogP contribution in [0.3, 0.4) is 0 Å². The maximum absolute atomic E-state index is 13.2. The van der Waals surface area contributed by atoms with E-state index in [4.69, 9.17) is 5.73 Å². The molecule has 1 aromatic carbocycles. The Hall–Kier alpha value is -1.49. The van der Waals surface area contributed by atoms with Crippen molar-refractivity contribution in [1.29, 1.82) is 0 Å². The van der Waals surface area contributed by atoms with Crippen molar-refractivity contribution in [2.45, 2.75) is 26.4 Å². The van der Waals surface area contributed by atoms with Gasteiger partial charge in [0.25, 0.3) is 0 Å². The van der Waals surface area contributed by atoms with Crippen molar-refractivity contribution in [2.24, 2.45) is 11.7 Å². The van der Waals surface area contributed by atoms with Gasteiger partial charge in [-0.3, -0.25) is 4.79 Å². The van der Waals surface area contributed by atoms with E-state index in [1.54, 1.807) is 0 Å². The fourth-order valence-corrected chi connectivity index (χ4v) is 1.27. The van der Waals surface area contributed by atoms with Gasteiger partial charge in [0.05, 0.1) is 6.04 Å². The minimum absolute atomic E-state index is 0.00532. The average Bonchev–Trinajstić information content (AvgIpc) is 2.26. The van der Waals surface area contributed by atoms with Gasteiger partial charge in [-0.1, -0.05) is 19.9 Å². The Morgan fingerprint density at radius 1 is 1.41 bits per heavy atom. The number of nitrogens with one attached hydrogen (secondary N) is 1. The predicted octanol–water partition coefficient (Wildman–Crippen LogP) is 1.56. The van der Waals surface area contributed by atoms with Crippen LogP contribution in [0.25, 0.3) is 0 Å². The van der Waals surface area contributed by atoms with Crippen LogP contribution in [0.1, 0.15) is 19.4 Å². The van der Waals surface area contributed by atoms with Gasteiger partial charge in [0, 0.05) is 18.2 Å². The van der Waals surface area contributed by atoms with Crippen LogP contribution in [0.5, 0.6) is 0 Å². The fraction of sp³-hybridized carbons (Fsp3) is 0.417. The largest absolute Gasteiger partial charge is 0.351 e. The SMILES string of the molecule is CC(C)[C@@H](N)C(=O)NCc1ccc(F)cc1F. The third-order valence-electron chi connectivity index (χ3n) is 2.49. The first kappa shape index (κ1) is 13.6. The average molecular weight is 242 g/mol. The number of hydrogen-bond acceptors (Lipinski definition) is 2. The summed E-state index contributed by atoms with van der Waals surface area (Å²) >= 11 is 0. The molecule has 0 aliphatic rings. The molecule has 17 heavy (non-hydrogen) atoms. The van der Waals surface area contributed by atoms with Crippen molar-refractivity contribution >= 4 is 5.91 Å². The zero-order chi connectivity index (χ0) is 13.0. The number of amides is 1. The van der Waals surface area contributed by atoms with Gasteiger partial charge in [-0.15, -0.1) is 0 Å². The summed E-state index contributed by atoms with van der Waals surface area (Å²) in [6.07, 6.45) is 0. The molecule has 1 aromatic rings. The van der Waals surface area contributed by atoms with Crippen LogP contribution < -0.4 is 11.1 Å². The van der Waals surface area contributed by atoms with E-state index in [-0.39, 0.29) is 23.9 Å². The standard InChI is InChI=1S/C12H16F2N2O/c1-7(2)11(15)12(17)16-6-8-3-4-9(13)5-10(8)14/h3-5,7,11H,6,15H2,1-2H3,(H,16,17)/t11-/m1/s1. The number of nitrogens with two attached hydrogens (primary N) is 1. The van der Waals surface area contributed by atoms with Crippen molar-refractivity contribution in [3.63, 3.8) is 0 Å². The number of hydrogen-bond donors (Lipinski definition) is 2. The summed E-state index contributed by atoms with van der Waals surface area (Å²) in [5.41, 5.74) is 5.85. The summed E-state index contributed by atoms with van der Waals surface area (Å²) in [6, 6.07) is 2.60. The zero-order valence-corrected chi connectivity index (χ0v) is 9.84. The highest BCUT2D eigenvalue weighted by Gasteiger charge is 2.17. The molecule has 1 amide bonds. The molecule has 0 fully saturated rings. The van der Waals surface area contributed by atoms with Gasteiger partial charge >= 0.3 is 0 Å². The summed E-state index contributed by atoms with van der Waals surface area (Å²) in [6.45, 7) is 3.65. The molecule has 1 rings (SSSR count). The van der Waals surface area contributed by atoms with Crippen LogP contribution in [-0.4, -0.2) is 11.9 Å². The number of benzene rings is 1. The molecule has 0 heterocycles. The molecule has 1 atom stereocenters. The van der Waals surface area contributed by atoms with Crippen LogP contribution in [0.15, 0.2) is 18.2 Å². The van der Waals surface area contributed by atoms with Gasteiger partial charge in [0.15, 0.2) is 0 Å². The van der Waals surface area contributed by atoms with Gasteiger partial charge in [-0.05, 0) is 12.0 Å². The van der Waals surface area contributed by atoms with Crippen molar-refractivity contribution in [1.82, 2.24) is 5.32 Å².